The monoisotopic (exact) mass is 304 g/mol. The highest BCUT2D eigenvalue weighted by Gasteiger charge is 2.47. The number of phenolic OH excluding ortho intramolecular Hbond substituents is 1. The van der Waals surface area contributed by atoms with Crippen LogP contribution in [0.5, 0.6) is 5.75 Å². The Morgan fingerprint density at radius 3 is 2.82 bits per heavy atom. The van der Waals surface area contributed by atoms with E-state index in [0.29, 0.717) is 30.8 Å². The maximum atomic E-state index is 12.7. The number of amides is 2. The number of likely N-dealkylation sites (tertiary alicyclic amines) is 1. The molecule has 1 atom stereocenters. The van der Waals surface area contributed by atoms with Crippen LogP contribution in [0.25, 0.3) is 0 Å². The fourth-order valence-electron chi connectivity index (χ4n) is 3.30. The van der Waals surface area contributed by atoms with Crippen LogP contribution >= 0.6 is 0 Å². The molecule has 0 saturated carbocycles. The summed E-state index contributed by atoms with van der Waals surface area (Å²) in [6, 6.07) is 4.95. The van der Waals surface area contributed by atoms with Crippen molar-refractivity contribution in [3.8, 4) is 5.75 Å². The molecule has 2 aliphatic heterocycles. The van der Waals surface area contributed by atoms with E-state index in [1.54, 1.807) is 42.0 Å². The minimum absolute atomic E-state index is 0.115. The molecular weight excluding hydrogens is 284 g/mol. The molecule has 0 radical (unpaired) electrons. The van der Waals surface area contributed by atoms with Gasteiger partial charge < -0.3 is 19.6 Å². The number of likely N-dealkylation sites (N-methyl/N-ethyl adjacent to an activating group) is 1. The van der Waals surface area contributed by atoms with Gasteiger partial charge in [0, 0.05) is 24.7 Å². The lowest BCUT2D eigenvalue weighted by Crippen LogP contribution is -2.52. The molecule has 6 heteroatoms. The first-order chi connectivity index (χ1) is 10.4. The van der Waals surface area contributed by atoms with Crippen LogP contribution < -0.4 is 0 Å². The predicted molar refractivity (Wildman–Crippen MR) is 79.8 cm³/mol. The maximum absolute atomic E-state index is 12.7. The van der Waals surface area contributed by atoms with Gasteiger partial charge in [-0.15, -0.1) is 0 Å². The van der Waals surface area contributed by atoms with Crippen LogP contribution in [0, 0.1) is 6.92 Å². The minimum atomic E-state index is -0.593. The van der Waals surface area contributed by atoms with E-state index in [-0.39, 0.29) is 17.7 Å². The first-order valence-corrected chi connectivity index (χ1v) is 7.44. The van der Waals surface area contributed by atoms with Crippen molar-refractivity contribution in [1.29, 1.82) is 0 Å². The molecule has 6 nitrogen and oxygen atoms in total. The Balaban J connectivity index is 1.82. The Labute approximate surface area is 129 Å². The van der Waals surface area contributed by atoms with Crippen molar-refractivity contribution in [3.63, 3.8) is 0 Å². The Morgan fingerprint density at radius 1 is 1.36 bits per heavy atom. The summed E-state index contributed by atoms with van der Waals surface area (Å²) in [7, 11) is 1.71. The zero-order valence-electron chi connectivity index (χ0n) is 12.8. The summed E-state index contributed by atoms with van der Waals surface area (Å²) < 4.78 is 5.52. The third-order valence-electron chi connectivity index (χ3n) is 4.50. The van der Waals surface area contributed by atoms with Gasteiger partial charge in [-0.05, 0) is 31.9 Å². The van der Waals surface area contributed by atoms with E-state index in [9.17, 15) is 14.7 Å². The lowest BCUT2D eigenvalue weighted by molar-refractivity contribution is -0.00524. The maximum Gasteiger partial charge on any atom is 0.410 e. The summed E-state index contributed by atoms with van der Waals surface area (Å²) in [4.78, 5) is 27.7. The van der Waals surface area contributed by atoms with Crippen LogP contribution in [0.1, 0.15) is 28.8 Å². The quantitative estimate of drug-likeness (QED) is 0.858. The van der Waals surface area contributed by atoms with Gasteiger partial charge in [0.15, 0.2) is 0 Å². The lowest BCUT2D eigenvalue weighted by Gasteiger charge is -2.38. The fourth-order valence-corrected chi connectivity index (χ4v) is 3.30. The van der Waals surface area contributed by atoms with Crippen LogP contribution in [0.4, 0.5) is 4.79 Å². The summed E-state index contributed by atoms with van der Waals surface area (Å²) >= 11 is 0. The molecule has 118 valence electrons. The van der Waals surface area contributed by atoms with Crippen molar-refractivity contribution in [1.82, 2.24) is 9.80 Å². The normalized spacial score (nSPS) is 24.7. The predicted octanol–water partition coefficient (Wildman–Crippen LogP) is 1.76. The molecule has 0 bridgehead atoms. The first kappa shape index (κ1) is 14.7. The second kappa shape index (κ2) is 5.19. The zero-order chi connectivity index (χ0) is 15.9. The number of piperidine rings is 1. The van der Waals surface area contributed by atoms with E-state index in [0.717, 1.165) is 12.8 Å². The molecule has 1 N–H and O–H groups in total. The van der Waals surface area contributed by atoms with Gasteiger partial charge in [0.25, 0.3) is 5.91 Å². The van der Waals surface area contributed by atoms with Gasteiger partial charge in [-0.25, -0.2) is 4.79 Å². The molecule has 2 aliphatic rings. The molecule has 2 fully saturated rings. The lowest BCUT2D eigenvalue weighted by atomic mass is 9.92. The third-order valence-corrected chi connectivity index (χ3v) is 4.50. The molecule has 0 unspecified atom stereocenters. The summed E-state index contributed by atoms with van der Waals surface area (Å²) in [6.45, 7) is 3.27. The van der Waals surface area contributed by atoms with Crippen molar-refractivity contribution >= 4 is 12.0 Å². The van der Waals surface area contributed by atoms with Crippen molar-refractivity contribution in [3.05, 3.63) is 29.3 Å². The summed E-state index contributed by atoms with van der Waals surface area (Å²) in [5.74, 6) is -0.0114. The highest BCUT2D eigenvalue weighted by Crippen LogP contribution is 2.32. The number of aromatic hydroxyl groups is 1. The van der Waals surface area contributed by atoms with E-state index < -0.39 is 5.60 Å². The topological polar surface area (TPSA) is 70.1 Å². The molecule has 1 aromatic rings. The molecule has 0 aliphatic carbocycles. The third kappa shape index (κ3) is 2.38. The largest absolute Gasteiger partial charge is 0.508 e. The number of rotatable bonds is 1. The molecule has 2 saturated heterocycles. The Morgan fingerprint density at radius 2 is 2.14 bits per heavy atom. The average Bonchev–Trinajstić information content (AvgIpc) is 2.75. The van der Waals surface area contributed by atoms with Gasteiger partial charge in [-0.2, -0.15) is 0 Å². The van der Waals surface area contributed by atoms with Gasteiger partial charge in [0.2, 0.25) is 0 Å². The minimum Gasteiger partial charge on any atom is -0.508 e. The molecule has 2 amide bonds. The fraction of sp³-hybridized carbons (Fsp3) is 0.500. The highest BCUT2D eigenvalue weighted by molar-refractivity contribution is 5.96. The Hall–Kier alpha value is -2.24. The molecular formula is C16H20N2O4. The Bertz CT molecular complexity index is 631. The zero-order valence-corrected chi connectivity index (χ0v) is 12.8. The Kier molecular flexibility index (Phi) is 3.47. The number of carbonyl (C=O) groups excluding carboxylic acids is 2. The van der Waals surface area contributed by atoms with E-state index >= 15 is 0 Å². The van der Waals surface area contributed by atoms with Crippen molar-refractivity contribution in [2.75, 3.05) is 26.7 Å². The number of ether oxygens (including phenoxy) is 1. The number of hydrogen-bond acceptors (Lipinski definition) is 4. The van der Waals surface area contributed by atoms with E-state index in [1.807, 2.05) is 0 Å². The SMILES string of the molecule is Cc1c(O)cccc1C(=O)N1CCC[C@@]2(CN(C)C(=O)O2)C1. The van der Waals surface area contributed by atoms with Crippen LogP contribution in [-0.2, 0) is 4.74 Å². The van der Waals surface area contributed by atoms with Crippen molar-refractivity contribution in [2.45, 2.75) is 25.4 Å². The van der Waals surface area contributed by atoms with E-state index in [2.05, 4.69) is 0 Å². The van der Waals surface area contributed by atoms with E-state index in [4.69, 9.17) is 4.74 Å². The molecule has 3 rings (SSSR count). The summed E-state index contributed by atoms with van der Waals surface area (Å²) in [5, 5.41) is 9.78. The van der Waals surface area contributed by atoms with Gasteiger partial charge >= 0.3 is 6.09 Å². The van der Waals surface area contributed by atoms with Crippen molar-refractivity contribution < 1.29 is 19.4 Å². The number of nitrogens with zero attached hydrogens (tertiary/aromatic N) is 2. The first-order valence-electron chi connectivity index (χ1n) is 7.44. The second-order valence-electron chi connectivity index (χ2n) is 6.19. The van der Waals surface area contributed by atoms with Crippen LogP contribution in [0.2, 0.25) is 0 Å². The van der Waals surface area contributed by atoms with Gasteiger partial charge in [-0.1, -0.05) is 6.07 Å². The van der Waals surface area contributed by atoms with E-state index in [1.165, 1.54) is 0 Å². The van der Waals surface area contributed by atoms with Crippen LogP contribution in [0.3, 0.4) is 0 Å². The summed E-state index contributed by atoms with van der Waals surface area (Å²) in [6.07, 6.45) is 1.24. The van der Waals surface area contributed by atoms with Gasteiger partial charge in [-0.3, -0.25) is 4.79 Å². The average molecular weight is 304 g/mol. The number of carbonyl (C=O) groups is 2. The smallest absolute Gasteiger partial charge is 0.410 e. The van der Waals surface area contributed by atoms with Gasteiger partial charge in [0.05, 0.1) is 13.1 Å². The highest BCUT2D eigenvalue weighted by atomic mass is 16.6. The van der Waals surface area contributed by atoms with Gasteiger partial charge in [0.1, 0.15) is 11.4 Å². The van der Waals surface area contributed by atoms with Crippen molar-refractivity contribution in [2.24, 2.45) is 0 Å². The number of phenols is 1. The molecule has 0 aromatic heterocycles. The molecule has 1 aromatic carbocycles. The standard InChI is InChI=1S/C16H20N2O4/c1-11-12(5-3-6-13(11)19)14(20)18-8-4-7-16(10-18)9-17(2)15(21)22-16/h3,5-6,19H,4,7-10H2,1-2H3/t16-/m1/s1. The van der Waals surface area contributed by atoms with Crippen LogP contribution in [-0.4, -0.2) is 59.2 Å². The molecule has 1 spiro atoms. The molecule has 2 heterocycles. The molecule has 22 heavy (non-hydrogen) atoms. The number of hydrogen-bond donors (Lipinski definition) is 1. The number of benzene rings is 1. The second-order valence-corrected chi connectivity index (χ2v) is 6.19. The van der Waals surface area contributed by atoms with Crippen LogP contribution in [0.15, 0.2) is 18.2 Å². The summed E-state index contributed by atoms with van der Waals surface area (Å²) in [5.41, 5.74) is 0.479.